The van der Waals surface area contributed by atoms with Crippen molar-refractivity contribution in [3.63, 3.8) is 0 Å². The van der Waals surface area contributed by atoms with Crippen molar-refractivity contribution < 1.29 is 4.52 Å². The first-order valence-corrected chi connectivity index (χ1v) is 3.25. The number of aryl methyl sites for hydroxylation is 1. The molecular weight excluding hydrogens is 126 g/mol. The van der Waals surface area contributed by atoms with E-state index in [1.165, 1.54) is 0 Å². The Bertz CT molecular complexity index is 237. The summed E-state index contributed by atoms with van der Waals surface area (Å²) >= 11 is 0. The van der Waals surface area contributed by atoms with Gasteiger partial charge in [0.05, 0.1) is 5.69 Å². The maximum Gasteiger partial charge on any atom is 0.133 e. The van der Waals surface area contributed by atoms with Crippen LogP contribution in [0.4, 0.5) is 0 Å². The fraction of sp³-hybridized carbons (Fsp3) is 0.375. The van der Waals surface area contributed by atoms with E-state index in [0.29, 0.717) is 0 Å². The third-order valence-corrected chi connectivity index (χ3v) is 1.16. The van der Waals surface area contributed by atoms with Crippen molar-refractivity contribution in [3.05, 3.63) is 29.7 Å². The number of allylic oxidation sites excluding steroid dienone is 1. The molecule has 1 heterocycles. The molecule has 0 amide bonds. The van der Waals surface area contributed by atoms with Crippen molar-refractivity contribution in [2.24, 2.45) is 0 Å². The molecule has 1 aromatic rings. The van der Waals surface area contributed by atoms with Gasteiger partial charge in [-0.05, 0) is 13.8 Å². The second-order valence-corrected chi connectivity index (χ2v) is 2.56. The minimum absolute atomic E-state index is 0.817. The minimum atomic E-state index is 0.817. The Hall–Kier alpha value is -1.05. The topological polar surface area (TPSA) is 26.0 Å². The van der Waals surface area contributed by atoms with E-state index in [1.807, 2.05) is 19.9 Å². The zero-order chi connectivity index (χ0) is 7.56. The monoisotopic (exact) mass is 137 g/mol. The van der Waals surface area contributed by atoms with Crippen LogP contribution < -0.4 is 0 Å². The quantitative estimate of drug-likeness (QED) is 0.583. The number of aromatic nitrogens is 1. The molecule has 0 aliphatic rings. The average Bonchev–Trinajstić information content (AvgIpc) is 2.13. The molecule has 0 spiro atoms. The molecule has 0 atom stereocenters. The van der Waals surface area contributed by atoms with E-state index in [-0.39, 0.29) is 0 Å². The molecule has 0 fully saturated rings. The van der Waals surface area contributed by atoms with Gasteiger partial charge in [-0.15, -0.1) is 0 Å². The van der Waals surface area contributed by atoms with Gasteiger partial charge in [0, 0.05) is 12.5 Å². The molecule has 54 valence electrons. The van der Waals surface area contributed by atoms with Gasteiger partial charge in [0.15, 0.2) is 0 Å². The highest BCUT2D eigenvalue weighted by Gasteiger charge is 1.98. The number of hydrogen-bond donors (Lipinski definition) is 0. The molecule has 2 nitrogen and oxygen atoms in total. The van der Waals surface area contributed by atoms with Crippen molar-refractivity contribution in [2.75, 3.05) is 0 Å². The van der Waals surface area contributed by atoms with Crippen LogP contribution in [-0.2, 0) is 6.42 Å². The summed E-state index contributed by atoms with van der Waals surface area (Å²) < 4.78 is 4.87. The lowest BCUT2D eigenvalue weighted by molar-refractivity contribution is 0.391. The van der Waals surface area contributed by atoms with Gasteiger partial charge in [-0.3, -0.25) is 0 Å². The van der Waals surface area contributed by atoms with Crippen LogP contribution in [0.3, 0.4) is 0 Å². The van der Waals surface area contributed by atoms with E-state index in [9.17, 15) is 0 Å². The van der Waals surface area contributed by atoms with Gasteiger partial charge in [-0.2, -0.15) is 0 Å². The Labute approximate surface area is 60.5 Å². The Morgan fingerprint density at radius 2 is 2.50 bits per heavy atom. The first-order valence-electron chi connectivity index (χ1n) is 3.25. The predicted octanol–water partition coefficient (Wildman–Crippen LogP) is 2.10. The number of rotatable bonds is 2. The summed E-state index contributed by atoms with van der Waals surface area (Å²) in [4.78, 5) is 0. The highest BCUT2D eigenvalue weighted by molar-refractivity contribution is 5.10. The molecule has 0 aromatic carbocycles. The molecular formula is C8H11NO. The summed E-state index contributed by atoms with van der Waals surface area (Å²) in [5.41, 5.74) is 2.07. The molecule has 0 bridgehead atoms. The highest BCUT2D eigenvalue weighted by atomic mass is 16.5. The summed E-state index contributed by atoms with van der Waals surface area (Å²) in [6, 6.07) is 1.93. The van der Waals surface area contributed by atoms with Crippen LogP contribution >= 0.6 is 0 Å². The Morgan fingerprint density at radius 1 is 1.80 bits per heavy atom. The summed E-state index contributed by atoms with van der Waals surface area (Å²) in [6.45, 7) is 7.64. The Balaban J connectivity index is 2.67. The average molecular weight is 137 g/mol. The van der Waals surface area contributed by atoms with E-state index in [2.05, 4.69) is 11.7 Å². The fourth-order valence-corrected chi connectivity index (χ4v) is 0.810. The number of hydrogen-bond acceptors (Lipinski definition) is 2. The van der Waals surface area contributed by atoms with E-state index in [4.69, 9.17) is 4.52 Å². The normalized spacial score (nSPS) is 9.80. The maximum absolute atomic E-state index is 4.87. The molecule has 1 aromatic heterocycles. The van der Waals surface area contributed by atoms with Crippen LogP contribution in [0, 0.1) is 6.92 Å². The largest absolute Gasteiger partial charge is 0.361 e. The van der Waals surface area contributed by atoms with Crippen molar-refractivity contribution in [2.45, 2.75) is 20.3 Å². The lowest BCUT2D eigenvalue weighted by Gasteiger charge is -1.89. The van der Waals surface area contributed by atoms with E-state index < -0.39 is 0 Å². The van der Waals surface area contributed by atoms with Gasteiger partial charge in [-0.25, -0.2) is 0 Å². The standard InChI is InChI=1S/C8H11NO/c1-6(2)4-8-5-7(3)10-9-8/h5H,1,4H2,2-3H3. The van der Waals surface area contributed by atoms with Crippen LogP contribution in [0.25, 0.3) is 0 Å². The van der Waals surface area contributed by atoms with E-state index in [0.717, 1.165) is 23.4 Å². The molecule has 0 unspecified atom stereocenters. The maximum atomic E-state index is 4.87. The fourth-order valence-electron chi connectivity index (χ4n) is 0.810. The van der Waals surface area contributed by atoms with Gasteiger partial charge in [0.1, 0.15) is 5.76 Å². The zero-order valence-electron chi connectivity index (χ0n) is 6.35. The summed E-state index contributed by atoms with van der Waals surface area (Å²) in [5.74, 6) is 0.858. The van der Waals surface area contributed by atoms with E-state index in [1.54, 1.807) is 0 Å². The summed E-state index contributed by atoms with van der Waals surface area (Å²) in [5, 5.41) is 3.82. The van der Waals surface area contributed by atoms with Crippen molar-refractivity contribution >= 4 is 0 Å². The van der Waals surface area contributed by atoms with Crippen molar-refractivity contribution in [1.29, 1.82) is 0 Å². The first-order chi connectivity index (χ1) is 4.68. The third kappa shape index (κ3) is 1.72. The van der Waals surface area contributed by atoms with Crippen LogP contribution in [0.1, 0.15) is 18.4 Å². The minimum Gasteiger partial charge on any atom is -0.361 e. The summed E-state index contributed by atoms with van der Waals surface area (Å²) in [6.07, 6.45) is 0.817. The second kappa shape index (κ2) is 2.69. The first kappa shape index (κ1) is 7.06. The number of nitrogens with zero attached hydrogens (tertiary/aromatic N) is 1. The van der Waals surface area contributed by atoms with Gasteiger partial charge in [-0.1, -0.05) is 17.3 Å². The molecule has 0 aliphatic heterocycles. The smallest absolute Gasteiger partial charge is 0.133 e. The molecule has 0 saturated heterocycles. The van der Waals surface area contributed by atoms with Crippen LogP contribution in [0.5, 0.6) is 0 Å². The SMILES string of the molecule is C=C(C)Cc1cc(C)on1. The van der Waals surface area contributed by atoms with Crippen molar-refractivity contribution in [1.82, 2.24) is 5.16 Å². The van der Waals surface area contributed by atoms with Gasteiger partial charge < -0.3 is 4.52 Å². The van der Waals surface area contributed by atoms with Gasteiger partial charge in [0.2, 0.25) is 0 Å². The van der Waals surface area contributed by atoms with E-state index >= 15 is 0 Å². The van der Waals surface area contributed by atoms with Crippen LogP contribution in [0.15, 0.2) is 22.7 Å². The molecule has 2 heteroatoms. The molecule has 0 aliphatic carbocycles. The van der Waals surface area contributed by atoms with Crippen LogP contribution in [-0.4, -0.2) is 5.16 Å². The van der Waals surface area contributed by atoms with Gasteiger partial charge in [0.25, 0.3) is 0 Å². The second-order valence-electron chi connectivity index (χ2n) is 2.56. The zero-order valence-corrected chi connectivity index (χ0v) is 6.35. The van der Waals surface area contributed by atoms with Crippen LogP contribution in [0.2, 0.25) is 0 Å². The lowest BCUT2D eigenvalue weighted by atomic mass is 10.2. The third-order valence-electron chi connectivity index (χ3n) is 1.16. The summed E-state index contributed by atoms with van der Waals surface area (Å²) in [7, 11) is 0. The molecule has 0 radical (unpaired) electrons. The predicted molar refractivity (Wildman–Crippen MR) is 39.8 cm³/mol. The molecule has 1 rings (SSSR count). The van der Waals surface area contributed by atoms with Gasteiger partial charge >= 0.3 is 0 Å². The molecule has 0 saturated carbocycles. The Morgan fingerprint density at radius 3 is 2.90 bits per heavy atom. The van der Waals surface area contributed by atoms with Crippen molar-refractivity contribution in [3.8, 4) is 0 Å². The molecule has 10 heavy (non-hydrogen) atoms. The molecule has 0 N–H and O–H groups in total. The Kier molecular flexibility index (Phi) is 1.90. The highest BCUT2D eigenvalue weighted by Crippen LogP contribution is 2.05. The lowest BCUT2D eigenvalue weighted by Crippen LogP contribution is -1.83.